The standard InChI is InChI=1S/C16H14O4S/c17-16(18)12-5-3-6-14(9-12)21(19,20)10-13-8-11-4-1-2-7-15(11)13/h1-7,9,13H,8,10H2,(H,17,18). The average Bonchev–Trinajstić information content (AvgIpc) is 2.45. The molecule has 0 fully saturated rings. The van der Waals surface area contributed by atoms with Gasteiger partial charge in [0.05, 0.1) is 16.2 Å². The molecule has 0 saturated carbocycles. The lowest BCUT2D eigenvalue weighted by Crippen LogP contribution is -2.25. The van der Waals surface area contributed by atoms with Crippen molar-refractivity contribution in [2.24, 2.45) is 0 Å². The van der Waals surface area contributed by atoms with Gasteiger partial charge in [0, 0.05) is 5.92 Å². The van der Waals surface area contributed by atoms with Gasteiger partial charge in [-0.25, -0.2) is 13.2 Å². The molecule has 0 amide bonds. The van der Waals surface area contributed by atoms with E-state index in [4.69, 9.17) is 5.11 Å². The van der Waals surface area contributed by atoms with E-state index in [2.05, 4.69) is 0 Å². The van der Waals surface area contributed by atoms with Gasteiger partial charge in [-0.3, -0.25) is 0 Å². The first-order valence-corrected chi connectivity index (χ1v) is 8.26. The van der Waals surface area contributed by atoms with Gasteiger partial charge in [0.2, 0.25) is 0 Å². The predicted octanol–water partition coefficient (Wildman–Crippen LogP) is 2.50. The number of hydrogen-bond acceptors (Lipinski definition) is 3. The molecule has 1 aliphatic rings. The number of aromatic carboxylic acids is 1. The van der Waals surface area contributed by atoms with Crippen LogP contribution in [0.5, 0.6) is 0 Å². The van der Waals surface area contributed by atoms with Crippen LogP contribution in [0.1, 0.15) is 27.4 Å². The van der Waals surface area contributed by atoms with Crippen LogP contribution < -0.4 is 0 Å². The third-order valence-corrected chi connectivity index (χ3v) is 5.64. The van der Waals surface area contributed by atoms with Crippen molar-refractivity contribution in [3.8, 4) is 0 Å². The number of sulfone groups is 1. The highest BCUT2D eigenvalue weighted by molar-refractivity contribution is 7.91. The molecule has 1 aliphatic carbocycles. The Morgan fingerprint density at radius 2 is 1.90 bits per heavy atom. The summed E-state index contributed by atoms with van der Waals surface area (Å²) < 4.78 is 24.9. The van der Waals surface area contributed by atoms with Crippen molar-refractivity contribution in [2.45, 2.75) is 17.2 Å². The second-order valence-electron chi connectivity index (χ2n) is 5.21. The van der Waals surface area contributed by atoms with Crippen LogP contribution in [0.3, 0.4) is 0 Å². The maximum absolute atomic E-state index is 12.4. The van der Waals surface area contributed by atoms with E-state index in [0.29, 0.717) is 0 Å². The van der Waals surface area contributed by atoms with Gasteiger partial charge in [-0.05, 0) is 35.7 Å². The van der Waals surface area contributed by atoms with Gasteiger partial charge in [0.25, 0.3) is 0 Å². The van der Waals surface area contributed by atoms with E-state index in [1.165, 1.54) is 29.8 Å². The second kappa shape index (κ2) is 5.00. The fourth-order valence-corrected chi connectivity index (χ4v) is 4.31. The van der Waals surface area contributed by atoms with Crippen molar-refractivity contribution in [2.75, 3.05) is 5.75 Å². The zero-order valence-electron chi connectivity index (χ0n) is 11.2. The lowest BCUT2D eigenvalue weighted by Gasteiger charge is -2.29. The molecule has 1 unspecified atom stereocenters. The summed E-state index contributed by atoms with van der Waals surface area (Å²) in [5, 5.41) is 8.95. The summed E-state index contributed by atoms with van der Waals surface area (Å²) in [6.45, 7) is 0. The number of rotatable bonds is 4. The van der Waals surface area contributed by atoms with Crippen LogP contribution in [0.25, 0.3) is 0 Å². The number of carboxylic acids is 1. The molecule has 4 nitrogen and oxygen atoms in total. The minimum absolute atomic E-state index is 0.000292. The zero-order chi connectivity index (χ0) is 15.0. The van der Waals surface area contributed by atoms with E-state index < -0.39 is 15.8 Å². The minimum Gasteiger partial charge on any atom is -0.478 e. The molecule has 1 atom stereocenters. The number of carbonyl (C=O) groups is 1. The van der Waals surface area contributed by atoms with Crippen LogP contribution >= 0.6 is 0 Å². The Balaban J connectivity index is 1.86. The van der Waals surface area contributed by atoms with Crippen LogP contribution in [0.4, 0.5) is 0 Å². The maximum atomic E-state index is 12.4. The van der Waals surface area contributed by atoms with Gasteiger partial charge in [0.1, 0.15) is 0 Å². The molecule has 1 N–H and O–H groups in total. The Morgan fingerprint density at radius 3 is 2.62 bits per heavy atom. The summed E-state index contributed by atoms with van der Waals surface area (Å²) in [5.74, 6) is -1.10. The molecule has 0 aromatic heterocycles. The molecule has 0 bridgehead atoms. The molecule has 5 heteroatoms. The number of benzene rings is 2. The van der Waals surface area contributed by atoms with Crippen molar-refractivity contribution in [3.05, 3.63) is 65.2 Å². The molecular weight excluding hydrogens is 288 g/mol. The van der Waals surface area contributed by atoms with E-state index in [0.717, 1.165) is 12.0 Å². The Hall–Kier alpha value is -2.14. The summed E-state index contributed by atoms with van der Waals surface area (Å²) in [5.41, 5.74) is 2.26. The van der Waals surface area contributed by atoms with E-state index >= 15 is 0 Å². The second-order valence-corrected chi connectivity index (χ2v) is 7.25. The first kappa shape index (κ1) is 13.8. The largest absolute Gasteiger partial charge is 0.478 e. The fraction of sp³-hybridized carbons (Fsp3) is 0.188. The Morgan fingerprint density at radius 1 is 1.14 bits per heavy atom. The Labute approximate surface area is 123 Å². The Kier molecular flexibility index (Phi) is 3.29. The van der Waals surface area contributed by atoms with E-state index in [1.807, 2.05) is 24.3 Å². The third kappa shape index (κ3) is 2.56. The van der Waals surface area contributed by atoms with Crippen LogP contribution in [0.15, 0.2) is 53.4 Å². The van der Waals surface area contributed by atoms with Crippen LogP contribution in [-0.4, -0.2) is 25.2 Å². The summed E-state index contributed by atoms with van der Waals surface area (Å²) >= 11 is 0. The Bertz CT molecular complexity index is 809. The zero-order valence-corrected chi connectivity index (χ0v) is 12.0. The van der Waals surface area contributed by atoms with Gasteiger partial charge in [-0.15, -0.1) is 0 Å². The van der Waals surface area contributed by atoms with E-state index in [9.17, 15) is 13.2 Å². The molecular formula is C16H14O4S. The first-order valence-electron chi connectivity index (χ1n) is 6.61. The molecule has 108 valence electrons. The quantitative estimate of drug-likeness (QED) is 0.942. The lowest BCUT2D eigenvalue weighted by atomic mass is 9.79. The minimum atomic E-state index is -3.48. The van der Waals surface area contributed by atoms with Gasteiger partial charge >= 0.3 is 5.97 Å². The van der Waals surface area contributed by atoms with Gasteiger partial charge in [-0.1, -0.05) is 30.3 Å². The highest BCUT2D eigenvalue weighted by Gasteiger charge is 2.31. The third-order valence-electron chi connectivity index (χ3n) is 3.82. The summed E-state index contributed by atoms with van der Waals surface area (Å²) in [7, 11) is -3.48. The number of carboxylic acid groups (broad SMARTS) is 1. The highest BCUT2D eigenvalue weighted by Crippen LogP contribution is 2.36. The van der Waals surface area contributed by atoms with Crippen LogP contribution in [0, 0.1) is 0 Å². The normalized spacial score (nSPS) is 16.9. The topological polar surface area (TPSA) is 71.4 Å². The summed E-state index contributed by atoms with van der Waals surface area (Å²) in [6.07, 6.45) is 0.758. The molecule has 0 radical (unpaired) electrons. The predicted molar refractivity (Wildman–Crippen MR) is 78.3 cm³/mol. The SMILES string of the molecule is O=C(O)c1cccc(S(=O)(=O)CC2Cc3ccccc32)c1. The van der Waals surface area contributed by atoms with Gasteiger partial charge < -0.3 is 5.11 Å². The molecule has 0 saturated heterocycles. The molecule has 3 rings (SSSR count). The molecule has 2 aromatic carbocycles. The molecule has 0 spiro atoms. The number of hydrogen-bond donors (Lipinski definition) is 1. The van der Waals surface area contributed by atoms with Gasteiger partial charge in [-0.2, -0.15) is 0 Å². The summed E-state index contributed by atoms with van der Waals surface area (Å²) in [6, 6.07) is 13.3. The van der Waals surface area contributed by atoms with Crippen molar-refractivity contribution < 1.29 is 18.3 Å². The van der Waals surface area contributed by atoms with Crippen molar-refractivity contribution in [1.29, 1.82) is 0 Å². The molecule has 21 heavy (non-hydrogen) atoms. The fourth-order valence-electron chi connectivity index (χ4n) is 2.70. The van der Waals surface area contributed by atoms with Crippen molar-refractivity contribution in [1.82, 2.24) is 0 Å². The molecule has 2 aromatic rings. The average molecular weight is 302 g/mol. The highest BCUT2D eigenvalue weighted by atomic mass is 32.2. The lowest BCUT2D eigenvalue weighted by molar-refractivity contribution is 0.0696. The number of fused-ring (bicyclic) bond motifs is 1. The van der Waals surface area contributed by atoms with Crippen molar-refractivity contribution >= 4 is 15.8 Å². The van der Waals surface area contributed by atoms with Gasteiger partial charge in [0.15, 0.2) is 9.84 Å². The summed E-state index contributed by atoms with van der Waals surface area (Å²) in [4.78, 5) is 11.0. The van der Waals surface area contributed by atoms with Crippen LogP contribution in [-0.2, 0) is 16.3 Å². The monoisotopic (exact) mass is 302 g/mol. The maximum Gasteiger partial charge on any atom is 0.335 e. The molecule has 0 aliphatic heterocycles. The van der Waals surface area contributed by atoms with E-state index in [1.54, 1.807) is 0 Å². The first-order chi connectivity index (χ1) is 9.97. The smallest absolute Gasteiger partial charge is 0.335 e. The van der Waals surface area contributed by atoms with Crippen molar-refractivity contribution in [3.63, 3.8) is 0 Å². The van der Waals surface area contributed by atoms with Crippen LogP contribution in [0.2, 0.25) is 0 Å². The van der Waals surface area contributed by atoms with E-state index in [-0.39, 0.29) is 22.1 Å². The molecule has 0 heterocycles.